The summed E-state index contributed by atoms with van der Waals surface area (Å²) in [4.78, 5) is 73.5. The van der Waals surface area contributed by atoms with Crippen LogP contribution in [0, 0.1) is 11.8 Å². The van der Waals surface area contributed by atoms with Crippen molar-refractivity contribution in [2.75, 3.05) is 27.3 Å². The molecular weight excluding hydrogens is 849 g/mol. The second kappa shape index (κ2) is 19.0. The quantitative estimate of drug-likeness (QED) is 0.0733. The van der Waals surface area contributed by atoms with Crippen LogP contribution in [0.5, 0.6) is 0 Å². The molecule has 1 unspecified atom stereocenters. The van der Waals surface area contributed by atoms with E-state index in [0.29, 0.717) is 36.2 Å². The largest absolute Gasteiger partial charge is 0.453 e. The molecule has 4 heterocycles. The zero-order valence-electron chi connectivity index (χ0n) is 39.5. The monoisotopic (exact) mass is 912 g/mol. The number of methoxy groups -OCH3 is 2. The summed E-state index contributed by atoms with van der Waals surface area (Å²) in [5.41, 5.74) is 9.67. The Labute approximate surface area is 391 Å². The number of likely N-dealkylation sites (tertiary alicyclic amines) is 2. The molecule has 3 fully saturated rings. The maximum Gasteiger partial charge on any atom is 0.407 e. The first-order valence-corrected chi connectivity index (χ1v) is 24.1. The van der Waals surface area contributed by atoms with Crippen molar-refractivity contribution in [3.8, 4) is 33.5 Å². The van der Waals surface area contributed by atoms with Crippen LogP contribution in [0.2, 0.25) is 0 Å². The van der Waals surface area contributed by atoms with Gasteiger partial charge in [-0.3, -0.25) is 19.7 Å². The summed E-state index contributed by atoms with van der Waals surface area (Å²) in [6.07, 6.45) is 9.82. The molecule has 5 atom stereocenters. The van der Waals surface area contributed by atoms with E-state index < -0.39 is 30.6 Å². The average molecular weight is 913 g/mol. The van der Waals surface area contributed by atoms with Crippen molar-refractivity contribution in [1.82, 2.24) is 40.4 Å². The number of rotatable bonds is 13. The molecule has 2 aromatic heterocycles. The highest BCUT2D eigenvalue weighted by Gasteiger charge is 2.44. The Hall–Kier alpha value is -5.90. The Morgan fingerprint density at radius 2 is 1.40 bits per heavy atom. The molecule has 1 spiro atoms. The van der Waals surface area contributed by atoms with E-state index in [4.69, 9.17) is 19.4 Å². The number of benzene rings is 3. The van der Waals surface area contributed by atoms with Crippen LogP contribution < -0.4 is 16.2 Å². The Kier molecular flexibility index (Phi) is 13.1. The van der Waals surface area contributed by atoms with E-state index in [0.717, 1.165) is 78.7 Å². The number of nitrogens with one attached hydrogen (secondary N) is 4. The summed E-state index contributed by atoms with van der Waals surface area (Å²) in [7, 11) is 2.67. The number of aromatic nitrogens is 4. The van der Waals surface area contributed by atoms with Crippen LogP contribution in [0.15, 0.2) is 65.6 Å². The van der Waals surface area contributed by atoms with Gasteiger partial charge in [0, 0.05) is 20.2 Å². The number of imidazole rings is 1. The van der Waals surface area contributed by atoms with Crippen molar-refractivity contribution < 1.29 is 29.0 Å². The highest BCUT2D eigenvalue weighted by atomic mass is 16.6. The first-order valence-electron chi connectivity index (χ1n) is 24.1. The van der Waals surface area contributed by atoms with Gasteiger partial charge in [0.2, 0.25) is 18.2 Å². The van der Waals surface area contributed by atoms with Gasteiger partial charge in [-0.15, -0.1) is 0 Å². The van der Waals surface area contributed by atoms with Crippen molar-refractivity contribution in [3.05, 3.63) is 93.9 Å². The minimum Gasteiger partial charge on any atom is -0.453 e. The maximum atomic E-state index is 13.9. The molecule has 15 nitrogen and oxygen atoms in total. The van der Waals surface area contributed by atoms with Gasteiger partial charge in [0.25, 0.3) is 5.56 Å². The minimum atomic E-state index is -1.28. The third kappa shape index (κ3) is 8.77. The van der Waals surface area contributed by atoms with Gasteiger partial charge in [-0.25, -0.2) is 14.8 Å². The smallest absolute Gasteiger partial charge is 0.407 e. The van der Waals surface area contributed by atoms with Crippen LogP contribution in [0.1, 0.15) is 120 Å². The van der Waals surface area contributed by atoms with Gasteiger partial charge in [0.05, 0.1) is 48.0 Å². The molecule has 15 heteroatoms. The second-order valence-corrected chi connectivity index (χ2v) is 19.7. The third-order valence-electron chi connectivity index (χ3n) is 15.0. The molecule has 2 aliphatic heterocycles. The zero-order valence-corrected chi connectivity index (χ0v) is 39.5. The predicted molar refractivity (Wildman–Crippen MR) is 256 cm³/mol. The van der Waals surface area contributed by atoms with Crippen molar-refractivity contribution in [1.29, 1.82) is 0 Å². The van der Waals surface area contributed by atoms with Crippen LogP contribution >= 0.6 is 0 Å². The minimum absolute atomic E-state index is 0.109. The standard InChI is InChI=1S/C52H64N8O7/c1-29(2)43(56-50(64)66-5)48(62)59-25-9-11-40(59)45-53-28-39(55-45)32-15-13-31(14-16-32)35-19-18-34(36-21-24-52(42(35)36)22-7-8-23-52)33-17-20-38-37(27-33)47(61)58-46(54-38)41-12-10-26-60(41)49(63)44(30(3)4)57-51(65)67-6/h13-20,27-30,40-41,43-44,51,57,65H,7-12,21-26H2,1-6H3,(H,53,55)(H,56,64)(H,54,58,61)/t40-,41-,43-,44-,51?/m0/s1. The highest BCUT2D eigenvalue weighted by Crippen LogP contribution is 2.55. The second-order valence-electron chi connectivity index (χ2n) is 19.7. The maximum absolute atomic E-state index is 13.9. The molecule has 2 saturated heterocycles. The van der Waals surface area contributed by atoms with Gasteiger partial charge >= 0.3 is 6.09 Å². The van der Waals surface area contributed by atoms with Crippen molar-refractivity contribution >= 4 is 28.8 Å². The number of nitrogens with zero attached hydrogens (tertiary/aromatic N) is 4. The lowest BCUT2D eigenvalue weighted by atomic mass is 9.76. The first-order chi connectivity index (χ1) is 32.3. The number of hydrogen-bond acceptors (Lipinski definition) is 10. The summed E-state index contributed by atoms with van der Waals surface area (Å²) < 4.78 is 9.79. The van der Waals surface area contributed by atoms with Crippen LogP contribution in [-0.4, -0.2) is 98.6 Å². The number of ether oxygens (including phenoxy) is 2. The Bertz CT molecular complexity index is 2700. The van der Waals surface area contributed by atoms with Crippen molar-refractivity contribution in [3.63, 3.8) is 0 Å². The highest BCUT2D eigenvalue weighted by molar-refractivity contribution is 5.88. The van der Waals surface area contributed by atoms with E-state index in [1.807, 2.05) is 50.9 Å². The molecule has 3 aromatic carbocycles. The summed E-state index contributed by atoms with van der Waals surface area (Å²) in [6, 6.07) is 17.2. The fourth-order valence-corrected chi connectivity index (χ4v) is 11.5. The van der Waals surface area contributed by atoms with Crippen LogP contribution in [-0.2, 0) is 30.9 Å². The lowest BCUT2D eigenvalue weighted by molar-refractivity contribution is -0.145. The summed E-state index contributed by atoms with van der Waals surface area (Å²) in [6.45, 7) is 8.77. The molecule has 5 N–H and O–H groups in total. The fourth-order valence-electron chi connectivity index (χ4n) is 11.5. The molecule has 1 saturated carbocycles. The Morgan fingerprint density at radius 1 is 0.776 bits per heavy atom. The number of amides is 3. The molecular formula is C52H64N8O7. The average Bonchev–Trinajstić information content (AvgIpc) is 4.20. The van der Waals surface area contributed by atoms with Gasteiger partial charge < -0.3 is 39.7 Å². The number of aliphatic hydroxyl groups is 1. The first kappa shape index (κ1) is 46.2. The van der Waals surface area contributed by atoms with E-state index in [1.54, 1.807) is 4.90 Å². The number of hydrogen-bond donors (Lipinski definition) is 5. The van der Waals surface area contributed by atoms with Gasteiger partial charge in [0.15, 0.2) is 0 Å². The van der Waals surface area contributed by atoms with Crippen LogP contribution in [0.4, 0.5) is 4.79 Å². The molecule has 0 radical (unpaired) electrons. The summed E-state index contributed by atoms with van der Waals surface area (Å²) in [5, 5.41) is 16.2. The summed E-state index contributed by atoms with van der Waals surface area (Å²) >= 11 is 0. The van der Waals surface area contributed by atoms with E-state index >= 15 is 0 Å². The van der Waals surface area contributed by atoms with Crippen molar-refractivity contribution in [2.45, 2.75) is 128 Å². The van der Waals surface area contributed by atoms with Gasteiger partial charge in [-0.05, 0) is 120 Å². The molecule has 4 aliphatic rings. The lowest BCUT2D eigenvalue weighted by Crippen LogP contribution is -2.52. The predicted octanol–water partition coefficient (Wildman–Crippen LogP) is 7.65. The third-order valence-corrected chi connectivity index (χ3v) is 15.0. The fraction of sp³-hybridized carbons (Fsp3) is 0.500. The number of carbonyl (C=O) groups is 3. The number of fused-ring (bicyclic) bond motifs is 3. The molecule has 354 valence electrons. The molecule has 5 aromatic rings. The number of carbonyl (C=O) groups excluding carboxylic acids is 3. The number of aromatic amines is 2. The van der Waals surface area contributed by atoms with Crippen molar-refractivity contribution in [2.24, 2.45) is 11.8 Å². The van der Waals surface area contributed by atoms with E-state index in [9.17, 15) is 24.3 Å². The van der Waals surface area contributed by atoms with Gasteiger partial charge in [-0.2, -0.15) is 0 Å². The van der Waals surface area contributed by atoms with Gasteiger partial charge in [-0.1, -0.05) is 83.0 Å². The molecule has 9 rings (SSSR count). The van der Waals surface area contributed by atoms with Crippen LogP contribution in [0.25, 0.3) is 44.4 Å². The lowest BCUT2D eigenvalue weighted by Gasteiger charge is -2.31. The molecule has 67 heavy (non-hydrogen) atoms. The molecule has 0 bridgehead atoms. The Balaban J connectivity index is 0.979. The van der Waals surface area contributed by atoms with Gasteiger partial charge in [0.1, 0.15) is 17.7 Å². The zero-order chi connectivity index (χ0) is 47.1. The van der Waals surface area contributed by atoms with E-state index in [2.05, 4.69) is 63.1 Å². The molecule has 3 amide bonds. The molecule has 2 aliphatic carbocycles. The number of aliphatic hydroxyl groups excluding tert-OH is 1. The van der Waals surface area contributed by atoms with Crippen LogP contribution in [0.3, 0.4) is 0 Å². The Morgan fingerprint density at radius 3 is 2.06 bits per heavy atom. The van der Waals surface area contributed by atoms with E-state index in [1.165, 1.54) is 43.8 Å². The normalized spacial score (nSPS) is 20.3. The summed E-state index contributed by atoms with van der Waals surface area (Å²) in [5.74, 6) is 0.676. The topological polar surface area (TPSA) is 195 Å². The number of alkyl carbamates (subject to hydrolysis) is 1. The number of H-pyrrole nitrogens is 2. The SMILES string of the molecule is COC(=O)N[C@H](C(=O)N1CCC[C@H]1c1ncc(-c2ccc(-c3ccc(-c4ccc5nc([C@@H]6CCCN6C(=O)[C@@H](NC(O)OC)C(C)C)[nH]c(=O)c5c4)c4c3C3(CCCC3)CC4)cc2)[nH]1)C(C)C. The van der Waals surface area contributed by atoms with E-state index in [-0.39, 0.29) is 40.7 Å².